The second-order valence-electron chi connectivity index (χ2n) is 3.56. The van der Waals surface area contributed by atoms with Crippen LogP contribution >= 0.6 is 0 Å². The van der Waals surface area contributed by atoms with E-state index in [2.05, 4.69) is 0 Å². The van der Waals surface area contributed by atoms with E-state index in [0.717, 1.165) is 12.8 Å². The van der Waals surface area contributed by atoms with Crippen LogP contribution in [-0.2, 0) is 14.3 Å². The molecule has 74 valence electrons. The molecule has 1 fully saturated rings. The van der Waals surface area contributed by atoms with Gasteiger partial charge < -0.3 is 4.74 Å². The van der Waals surface area contributed by atoms with Gasteiger partial charge in [0.2, 0.25) is 0 Å². The number of rotatable bonds is 2. The van der Waals surface area contributed by atoms with Crippen molar-refractivity contribution in [3.8, 4) is 0 Å². The quantitative estimate of drug-likeness (QED) is 0.484. The number of carbonyl (C=O) groups is 2. The van der Waals surface area contributed by atoms with Gasteiger partial charge in [-0.25, -0.2) is 0 Å². The molecule has 1 rings (SSSR count). The van der Waals surface area contributed by atoms with E-state index in [1.54, 1.807) is 0 Å². The number of carbonyl (C=O) groups excluding carboxylic acids is 2. The summed E-state index contributed by atoms with van der Waals surface area (Å²) in [7, 11) is 1.35. The van der Waals surface area contributed by atoms with Crippen molar-refractivity contribution in [2.75, 3.05) is 7.11 Å². The summed E-state index contributed by atoms with van der Waals surface area (Å²) in [5, 5.41) is 0. The average Bonchev–Trinajstić information content (AvgIpc) is 2.18. The largest absolute Gasteiger partial charge is 0.468 e. The van der Waals surface area contributed by atoms with Crippen molar-refractivity contribution in [2.45, 2.75) is 39.0 Å². The van der Waals surface area contributed by atoms with Crippen LogP contribution in [0.2, 0.25) is 0 Å². The highest BCUT2D eigenvalue weighted by atomic mass is 16.5. The molecule has 1 unspecified atom stereocenters. The maximum Gasteiger partial charge on any atom is 0.319 e. The van der Waals surface area contributed by atoms with E-state index < -0.39 is 5.41 Å². The second-order valence-corrected chi connectivity index (χ2v) is 3.56. The molecule has 0 spiro atoms. The fraction of sp³-hybridized carbons (Fsp3) is 0.800. The van der Waals surface area contributed by atoms with E-state index in [0.29, 0.717) is 19.3 Å². The molecule has 1 atom stereocenters. The number of hydrogen-bond donors (Lipinski definition) is 0. The topological polar surface area (TPSA) is 43.4 Å². The van der Waals surface area contributed by atoms with E-state index in [1.165, 1.54) is 7.11 Å². The Hall–Kier alpha value is -0.860. The minimum absolute atomic E-state index is 0.0631. The third-order valence-corrected chi connectivity index (χ3v) is 2.97. The van der Waals surface area contributed by atoms with Crippen LogP contribution in [0.4, 0.5) is 0 Å². The van der Waals surface area contributed by atoms with Crippen molar-refractivity contribution in [3.05, 3.63) is 0 Å². The second kappa shape index (κ2) is 3.90. The van der Waals surface area contributed by atoms with Crippen LogP contribution in [0.1, 0.15) is 39.0 Å². The van der Waals surface area contributed by atoms with Crippen molar-refractivity contribution in [1.82, 2.24) is 0 Å². The van der Waals surface area contributed by atoms with Gasteiger partial charge in [-0.3, -0.25) is 9.59 Å². The van der Waals surface area contributed by atoms with Gasteiger partial charge in [-0.05, 0) is 19.3 Å². The molecule has 1 aliphatic rings. The molecule has 1 saturated carbocycles. The Labute approximate surface area is 78.5 Å². The summed E-state index contributed by atoms with van der Waals surface area (Å²) in [6.45, 7) is 1.88. The lowest BCUT2D eigenvalue weighted by atomic mass is 9.71. The van der Waals surface area contributed by atoms with E-state index >= 15 is 0 Å². The van der Waals surface area contributed by atoms with Crippen LogP contribution in [0.3, 0.4) is 0 Å². The van der Waals surface area contributed by atoms with Gasteiger partial charge in [0.05, 0.1) is 7.11 Å². The van der Waals surface area contributed by atoms with Crippen molar-refractivity contribution in [3.63, 3.8) is 0 Å². The Morgan fingerprint density at radius 1 is 1.54 bits per heavy atom. The lowest BCUT2D eigenvalue weighted by Crippen LogP contribution is -2.41. The Kier molecular flexibility index (Phi) is 3.07. The molecule has 0 saturated heterocycles. The number of methoxy groups -OCH3 is 1. The van der Waals surface area contributed by atoms with Gasteiger partial charge in [0.15, 0.2) is 0 Å². The predicted octanol–water partition coefficient (Wildman–Crippen LogP) is 1.70. The molecule has 3 nitrogen and oxygen atoms in total. The first kappa shape index (κ1) is 10.2. The highest BCUT2D eigenvalue weighted by molar-refractivity contribution is 6.04. The predicted molar refractivity (Wildman–Crippen MR) is 48.2 cm³/mol. The van der Waals surface area contributed by atoms with Crippen molar-refractivity contribution >= 4 is 11.8 Å². The van der Waals surface area contributed by atoms with Crippen LogP contribution in [0, 0.1) is 5.41 Å². The van der Waals surface area contributed by atoms with Crippen LogP contribution in [0.25, 0.3) is 0 Å². The van der Waals surface area contributed by atoms with E-state index in [4.69, 9.17) is 4.74 Å². The normalized spacial score (nSPS) is 28.6. The van der Waals surface area contributed by atoms with Gasteiger partial charge in [0.1, 0.15) is 11.2 Å². The maximum atomic E-state index is 11.6. The highest BCUT2D eigenvalue weighted by Crippen LogP contribution is 2.37. The molecule has 0 aromatic rings. The molecule has 0 heterocycles. The highest BCUT2D eigenvalue weighted by Gasteiger charge is 2.45. The summed E-state index contributed by atoms with van der Waals surface area (Å²) in [6, 6.07) is 0. The fourth-order valence-electron chi connectivity index (χ4n) is 2.02. The molecule has 0 bridgehead atoms. The molecule has 13 heavy (non-hydrogen) atoms. The number of hydrogen-bond acceptors (Lipinski definition) is 3. The maximum absolute atomic E-state index is 11.6. The minimum Gasteiger partial charge on any atom is -0.468 e. The molecule has 0 aromatic carbocycles. The zero-order valence-electron chi connectivity index (χ0n) is 8.26. The molecule has 3 heteroatoms. The summed E-state index contributed by atoms with van der Waals surface area (Å²) in [4.78, 5) is 23.1. The first-order chi connectivity index (χ1) is 6.17. The fourth-order valence-corrected chi connectivity index (χ4v) is 2.02. The Balaban J connectivity index is 2.88. The molecule has 1 aliphatic carbocycles. The van der Waals surface area contributed by atoms with Crippen LogP contribution in [0.5, 0.6) is 0 Å². The summed E-state index contributed by atoms with van der Waals surface area (Å²) in [5.74, 6) is -0.284. The molecule has 0 aliphatic heterocycles. The Morgan fingerprint density at radius 2 is 2.23 bits per heavy atom. The van der Waals surface area contributed by atoms with Gasteiger partial charge in [-0.2, -0.15) is 0 Å². The Bertz CT molecular complexity index is 212. The summed E-state index contributed by atoms with van der Waals surface area (Å²) >= 11 is 0. The monoisotopic (exact) mass is 184 g/mol. The first-order valence-corrected chi connectivity index (χ1v) is 4.79. The van der Waals surface area contributed by atoms with Crippen LogP contribution < -0.4 is 0 Å². The standard InChI is InChI=1S/C10H16O3/c1-3-10(9(12)13-2)7-5-4-6-8(10)11/h3-7H2,1-2H3. The summed E-state index contributed by atoms with van der Waals surface area (Å²) in [6.07, 6.45) is 3.63. The molecule has 0 amide bonds. The van der Waals surface area contributed by atoms with Crippen molar-refractivity contribution < 1.29 is 14.3 Å². The summed E-state index contributed by atoms with van der Waals surface area (Å²) < 4.78 is 4.69. The number of Topliss-reactive ketones (excluding diaryl/α,β-unsaturated/α-hetero) is 1. The first-order valence-electron chi connectivity index (χ1n) is 4.79. The SMILES string of the molecule is CCC1(C(=O)OC)CCCCC1=O. The minimum atomic E-state index is -0.812. The van der Waals surface area contributed by atoms with E-state index in [1.807, 2.05) is 6.92 Å². The van der Waals surface area contributed by atoms with Crippen molar-refractivity contribution in [2.24, 2.45) is 5.41 Å². The van der Waals surface area contributed by atoms with Gasteiger partial charge in [0, 0.05) is 6.42 Å². The number of esters is 1. The molecule has 0 aromatic heterocycles. The van der Waals surface area contributed by atoms with Gasteiger partial charge in [0.25, 0.3) is 0 Å². The zero-order valence-corrected chi connectivity index (χ0v) is 8.26. The third-order valence-electron chi connectivity index (χ3n) is 2.97. The zero-order chi connectivity index (χ0) is 9.90. The van der Waals surface area contributed by atoms with Gasteiger partial charge >= 0.3 is 5.97 Å². The molecule has 0 radical (unpaired) electrons. The van der Waals surface area contributed by atoms with Crippen molar-refractivity contribution in [1.29, 1.82) is 0 Å². The molecular weight excluding hydrogens is 168 g/mol. The number of ether oxygens (including phenoxy) is 1. The molecular formula is C10H16O3. The lowest BCUT2D eigenvalue weighted by molar-refractivity contribution is -0.160. The average molecular weight is 184 g/mol. The van der Waals surface area contributed by atoms with Crippen LogP contribution in [0.15, 0.2) is 0 Å². The Morgan fingerprint density at radius 3 is 2.69 bits per heavy atom. The van der Waals surface area contributed by atoms with Gasteiger partial charge in [-0.15, -0.1) is 0 Å². The summed E-state index contributed by atoms with van der Waals surface area (Å²) in [5.41, 5.74) is -0.812. The smallest absolute Gasteiger partial charge is 0.319 e. The van der Waals surface area contributed by atoms with E-state index in [-0.39, 0.29) is 11.8 Å². The third kappa shape index (κ3) is 1.60. The van der Waals surface area contributed by atoms with Gasteiger partial charge in [-0.1, -0.05) is 13.3 Å². The lowest BCUT2D eigenvalue weighted by Gasteiger charge is -2.31. The molecule has 0 N–H and O–H groups in total. The van der Waals surface area contributed by atoms with E-state index in [9.17, 15) is 9.59 Å². The van der Waals surface area contributed by atoms with Crippen LogP contribution in [-0.4, -0.2) is 18.9 Å². The number of ketones is 1.